The molecule has 0 saturated carbocycles. The van der Waals surface area contributed by atoms with Gasteiger partial charge in [-0.3, -0.25) is 9.36 Å². The first-order chi connectivity index (χ1) is 12.5. The van der Waals surface area contributed by atoms with Crippen LogP contribution in [0.4, 0.5) is 0 Å². The van der Waals surface area contributed by atoms with Crippen LogP contribution >= 0.6 is 11.8 Å². The van der Waals surface area contributed by atoms with Crippen LogP contribution in [0.3, 0.4) is 0 Å². The van der Waals surface area contributed by atoms with Crippen molar-refractivity contribution in [1.82, 2.24) is 9.55 Å². The van der Waals surface area contributed by atoms with Gasteiger partial charge in [-0.15, -0.1) is 0 Å². The highest BCUT2D eigenvalue weighted by molar-refractivity contribution is 7.99. The Morgan fingerprint density at radius 3 is 2.58 bits per heavy atom. The van der Waals surface area contributed by atoms with E-state index in [0.29, 0.717) is 27.5 Å². The molecule has 0 amide bonds. The van der Waals surface area contributed by atoms with Gasteiger partial charge in [-0.05, 0) is 36.2 Å². The number of esters is 1. The Labute approximate surface area is 156 Å². The number of benzene rings is 2. The Morgan fingerprint density at radius 1 is 1.19 bits per heavy atom. The normalized spacial score (nSPS) is 11.1. The molecule has 3 aromatic rings. The summed E-state index contributed by atoms with van der Waals surface area (Å²) in [6.45, 7) is 4.24. The van der Waals surface area contributed by atoms with Crippen LogP contribution in [-0.2, 0) is 4.74 Å². The van der Waals surface area contributed by atoms with E-state index >= 15 is 0 Å². The smallest absolute Gasteiger partial charge is 0.337 e. The number of aromatic nitrogens is 2. The second-order valence-electron chi connectivity index (χ2n) is 6.30. The van der Waals surface area contributed by atoms with E-state index in [-0.39, 0.29) is 5.56 Å². The van der Waals surface area contributed by atoms with Crippen LogP contribution in [0.15, 0.2) is 58.5 Å². The van der Waals surface area contributed by atoms with E-state index in [2.05, 4.69) is 18.8 Å². The fraction of sp³-hybridized carbons (Fsp3) is 0.250. The van der Waals surface area contributed by atoms with Crippen LogP contribution in [0.25, 0.3) is 16.6 Å². The van der Waals surface area contributed by atoms with Gasteiger partial charge in [0.05, 0.1) is 29.3 Å². The van der Waals surface area contributed by atoms with E-state index in [9.17, 15) is 9.59 Å². The Kier molecular flexibility index (Phi) is 5.42. The van der Waals surface area contributed by atoms with Gasteiger partial charge in [0.1, 0.15) is 0 Å². The van der Waals surface area contributed by atoms with Crippen LogP contribution in [0, 0.1) is 5.92 Å². The van der Waals surface area contributed by atoms with Crippen molar-refractivity contribution in [3.63, 3.8) is 0 Å². The molecule has 1 aromatic heterocycles. The molecule has 5 nitrogen and oxygen atoms in total. The van der Waals surface area contributed by atoms with Gasteiger partial charge in [0, 0.05) is 5.75 Å². The quantitative estimate of drug-likeness (QED) is 0.388. The molecular formula is C20H20N2O3S. The third kappa shape index (κ3) is 3.65. The summed E-state index contributed by atoms with van der Waals surface area (Å²) < 4.78 is 6.39. The van der Waals surface area contributed by atoms with Gasteiger partial charge in [-0.25, -0.2) is 9.78 Å². The number of hydrogen-bond acceptors (Lipinski definition) is 5. The standard InChI is InChI=1S/C20H20N2O3S/c1-13(2)12-26-20-21-17-11-14(19(24)25-3)9-10-16(17)18(23)22(20)15-7-5-4-6-8-15/h4-11,13H,12H2,1-3H3. The van der Waals surface area contributed by atoms with Crippen molar-refractivity contribution in [1.29, 1.82) is 0 Å². The average molecular weight is 368 g/mol. The highest BCUT2D eigenvalue weighted by Gasteiger charge is 2.15. The van der Waals surface area contributed by atoms with Crippen LogP contribution in [0.2, 0.25) is 0 Å². The maximum absolute atomic E-state index is 13.1. The molecule has 0 radical (unpaired) electrons. The number of hydrogen-bond donors (Lipinski definition) is 0. The minimum absolute atomic E-state index is 0.149. The molecule has 6 heteroatoms. The molecule has 1 heterocycles. The van der Waals surface area contributed by atoms with Crippen molar-refractivity contribution in [2.24, 2.45) is 5.92 Å². The molecule has 0 spiro atoms. The zero-order valence-corrected chi connectivity index (χ0v) is 15.7. The molecule has 0 unspecified atom stereocenters. The first-order valence-corrected chi connectivity index (χ1v) is 9.33. The van der Waals surface area contributed by atoms with E-state index in [4.69, 9.17) is 4.74 Å². The Morgan fingerprint density at radius 2 is 1.92 bits per heavy atom. The summed E-state index contributed by atoms with van der Waals surface area (Å²) in [6, 6.07) is 14.3. The lowest BCUT2D eigenvalue weighted by atomic mass is 10.1. The second-order valence-corrected chi connectivity index (χ2v) is 7.29. The summed E-state index contributed by atoms with van der Waals surface area (Å²) in [6.07, 6.45) is 0. The molecular weight excluding hydrogens is 348 g/mol. The number of thioether (sulfide) groups is 1. The zero-order valence-electron chi connectivity index (χ0n) is 14.9. The molecule has 0 aliphatic rings. The topological polar surface area (TPSA) is 61.2 Å². The summed E-state index contributed by atoms with van der Waals surface area (Å²) >= 11 is 1.53. The van der Waals surface area contributed by atoms with Gasteiger partial charge in [0.2, 0.25) is 0 Å². The average Bonchev–Trinajstić information content (AvgIpc) is 2.66. The molecule has 0 aliphatic carbocycles. The molecule has 0 saturated heterocycles. The summed E-state index contributed by atoms with van der Waals surface area (Å²) in [5, 5.41) is 1.08. The molecule has 0 aliphatic heterocycles. The number of fused-ring (bicyclic) bond motifs is 1. The summed E-state index contributed by atoms with van der Waals surface area (Å²) in [4.78, 5) is 29.6. The molecule has 0 atom stereocenters. The van der Waals surface area contributed by atoms with Crippen molar-refractivity contribution in [2.45, 2.75) is 19.0 Å². The van der Waals surface area contributed by atoms with E-state index < -0.39 is 5.97 Å². The first-order valence-electron chi connectivity index (χ1n) is 8.34. The SMILES string of the molecule is COC(=O)c1ccc2c(=O)n(-c3ccccc3)c(SCC(C)C)nc2c1. The third-order valence-electron chi connectivity index (χ3n) is 3.82. The molecule has 26 heavy (non-hydrogen) atoms. The molecule has 2 aromatic carbocycles. The van der Waals surface area contributed by atoms with Gasteiger partial charge in [0.25, 0.3) is 5.56 Å². The highest BCUT2D eigenvalue weighted by Crippen LogP contribution is 2.23. The van der Waals surface area contributed by atoms with Crippen molar-refractivity contribution in [3.8, 4) is 5.69 Å². The number of rotatable bonds is 5. The largest absolute Gasteiger partial charge is 0.465 e. The van der Waals surface area contributed by atoms with Crippen LogP contribution in [0.1, 0.15) is 24.2 Å². The number of nitrogens with zero attached hydrogens (tertiary/aromatic N) is 2. The van der Waals surface area contributed by atoms with Gasteiger partial charge in [-0.1, -0.05) is 43.8 Å². The molecule has 134 valence electrons. The van der Waals surface area contributed by atoms with Gasteiger partial charge < -0.3 is 4.74 Å². The molecule has 0 fully saturated rings. The van der Waals surface area contributed by atoms with Crippen molar-refractivity contribution >= 4 is 28.6 Å². The lowest BCUT2D eigenvalue weighted by Crippen LogP contribution is -2.22. The number of para-hydroxylation sites is 1. The number of methoxy groups -OCH3 is 1. The first kappa shape index (κ1) is 18.2. The Bertz CT molecular complexity index is 997. The lowest BCUT2D eigenvalue weighted by molar-refractivity contribution is 0.0601. The maximum Gasteiger partial charge on any atom is 0.337 e. The van der Waals surface area contributed by atoms with E-state index in [1.54, 1.807) is 22.8 Å². The maximum atomic E-state index is 13.1. The predicted octanol–water partition coefficient (Wildman–Crippen LogP) is 3.92. The minimum atomic E-state index is -0.447. The fourth-order valence-corrected chi connectivity index (χ4v) is 3.52. The van der Waals surface area contributed by atoms with E-state index in [1.165, 1.54) is 18.9 Å². The minimum Gasteiger partial charge on any atom is -0.465 e. The van der Waals surface area contributed by atoms with Crippen molar-refractivity contribution in [2.75, 3.05) is 12.9 Å². The lowest BCUT2D eigenvalue weighted by Gasteiger charge is -2.14. The van der Waals surface area contributed by atoms with Crippen molar-refractivity contribution in [3.05, 3.63) is 64.4 Å². The van der Waals surface area contributed by atoms with E-state index in [0.717, 1.165) is 11.4 Å². The van der Waals surface area contributed by atoms with E-state index in [1.807, 2.05) is 30.3 Å². The number of ether oxygens (including phenoxy) is 1. The summed E-state index contributed by atoms with van der Waals surface area (Å²) in [7, 11) is 1.33. The second kappa shape index (κ2) is 7.74. The molecule has 3 rings (SSSR count). The zero-order chi connectivity index (χ0) is 18.7. The summed E-state index contributed by atoms with van der Waals surface area (Å²) in [5.74, 6) is 0.845. The highest BCUT2D eigenvalue weighted by atomic mass is 32.2. The predicted molar refractivity (Wildman–Crippen MR) is 104 cm³/mol. The van der Waals surface area contributed by atoms with Crippen LogP contribution in [0.5, 0.6) is 0 Å². The van der Waals surface area contributed by atoms with Gasteiger partial charge >= 0.3 is 5.97 Å². The molecule has 0 N–H and O–H groups in total. The fourth-order valence-electron chi connectivity index (χ4n) is 2.55. The monoisotopic (exact) mass is 368 g/mol. The van der Waals surface area contributed by atoms with Crippen molar-refractivity contribution < 1.29 is 9.53 Å². The van der Waals surface area contributed by atoms with Crippen LogP contribution in [-0.4, -0.2) is 28.4 Å². The van der Waals surface area contributed by atoms with Gasteiger partial charge in [-0.2, -0.15) is 0 Å². The van der Waals surface area contributed by atoms with Crippen LogP contribution < -0.4 is 5.56 Å². The third-order valence-corrected chi connectivity index (χ3v) is 5.19. The number of carbonyl (C=O) groups is 1. The Hall–Kier alpha value is -2.60. The number of carbonyl (C=O) groups excluding carboxylic acids is 1. The molecule has 0 bridgehead atoms. The Balaban J connectivity index is 2.23. The van der Waals surface area contributed by atoms with Gasteiger partial charge in [0.15, 0.2) is 5.16 Å². The summed E-state index contributed by atoms with van der Waals surface area (Å²) in [5.41, 5.74) is 1.50.